The molecule has 0 spiro atoms. The van der Waals surface area contributed by atoms with Crippen LogP contribution in [0.5, 0.6) is 0 Å². The number of fused-ring (bicyclic) bond motifs is 2. The second-order valence-electron chi connectivity index (χ2n) is 15.6. The third-order valence-corrected chi connectivity index (χ3v) is 12.3. The molecule has 0 aliphatic carbocycles. The van der Waals surface area contributed by atoms with Crippen LogP contribution in [0.2, 0.25) is 0 Å². The number of H-pyrrole nitrogens is 2. The molecule has 4 fully saturated rings. The molecule has 10 heteroatoms. The molecule has 8 nitrogen and oxygen atoms in total. The highest BCUT2D eigenvalue weighted by atomic mass is 19.1. The Morgan fingerprint density at radius 3 is 1.74 bits per heavy atom. The number of nitrogens with zero attached hydrogens (tertiary/aromatic N) is 4. The first-order valence-electron chi connectivity index (χ1n) is 19.6. The van der Waals surface area contributed by atoms with E-state index < -0.39 is 11.6 Å². The molecule has 4 aliphatic heterocycles. The van der Waals surface area contributed by atoms with Gasteiger partial charge in [-0.25, -0.2) is 18.7 Å². The SMILES string of the molecule is Fc1cc(N2[C@@H](c3ccc4nc([C@@H]5CCCN5)[nH]c4c3)CC[C@@H]2c2ccc3nc([C@@H]4CCCN4)[nH]c3c2)cc(F)c1N1CCC[C@@H](c2ccccc2)C1. The quantitative estimate of drug-likeness (QED) is 0.132. The molecule has 0 amide bonds. The average Bonchev–Trinajstić information content (AvgIpc) is 4.03. The zero-order valence-corrected chi connectivity index (χ0v) is 29.9. The van der Waals surface area contributed by atoms with Crippen LogP contribution in [0, 0.1) is 11.6 Å². The molecule has 0 bridgehead atoms. The minimum Gasteiger partial charge on any atom is -0.366 e. The number of hydrogen-bond acceptors (Lipinski definition) is 6. The fourth-order valence-electron chi connectivity index (χ4n) is 9.68. The average molecular weight is 713 g/mol. The molecule has 10 rings (SSSR count). The molecule has 6 aromatic rings. The normalized spacial score (nSPS) is 25.0. The van der Waals surface area contributed by atoms with E-state index in [1.54, 1.807) is 12.1 Å². The van der Waals surface area contributed by atoms with Crippen LogP contribution in [0.3, 0.4) is 0 Å². The summed E-state index contributed by atoms with van der Waals surface area (Å²) in [5.74, 6) is 1.17. The van der Waals surface area contributed by atoms with E-state index >= 15 is 8.78 Å². The van der Waals surface area contributed by atoms with E-state index in [1.165, 1.54) is 5.56 Å². The minimum absolute atomic E-state index is 0.0838. The molecule has 4 aliphatic rings. The lowest BCUT2D eigenvalue weighted by atomic mass is 9.90. The van der Waals surface area contributed by atoms with Crippen molar-refractivity contribution in [2.75, 3.05) is 36.0 Å². The third-order valence-electron chi connectivity index (χ3n) is 12.3. The van der Waals surface area contributed by atoms with Crippen LogP contribution < -0.4 is 20.4 Å². The van der Waals surface area contributed by atoms with Crippen LogP contribution >= 0.6 is 0 Å². The number of halogens is 2. The zero-order valence-electron chi connectivity index (χ0n) is 29.9. The highest BCUT2D eigenvalue weighted by Crippen LogP contribution is 2.49. The van der Waals surface area contributed by atoms with Crippen LogP contribution in [0.4, 0.5) is 20.2 Å². The first kappa shape index (κ1) is 32.8. The Kier molecular flexibility index (Phi) is 8.40. The first-order chi connectivity index (χ1) is 26.1. The summed E-state index contributed by atoms with van der Waals surface area (Å²) >= 11 is 0. The van der Waals surface area contributed by atoms with Gasteiger partial charge in [0.15, 0.2) is 11.6 Å². The van der Waals surface area contributed by atoms with Gasteiger partial charge in [-0.2, -0.15) is 0 Å². The summed E-state index contributed by atoms with van der Waals surface area (Å²) in [6.07, 6.45) is 8.02. The highest BCUT2D eigenvalue weighted by Gasteiger charge is 2.38. The molecule has 272 valence electrons. The van der Waals surface area contributed by atoms with Crippen molar-refractivity contribution in [3.8, 4) is 0 Å². The molecule has 2 aromatic heterocycles. The number of rotatable bonds is 7. The van der Waals surface area contributed by atoms with Gasteiger partial charge in [0.1, 0.15) is 17.3 Å². The first-order valence-corrected chi connectivity index (χ1v) is 19.6. The fraction of sp³-hybridized carbons (Fsp3) is 0.395. The molecule has 0 unspecified atom stereocenters. The summed E-state index contributed by atoms with van der Waals surface area (Å²) in [5, 5.41) is 7.10. The summed E-state index contributed by atoms with van der Waals surface area (Å²) < 4.78 is 33.0. The maximum Gasteiger partial charge on any atom is 0.151 e. The van der Waals surface area contributed by atoms with E-state index in [0.29, 0.717) is 18.8 Å². The maximum atomic E-state index is 16.5. The third kappa shape index (κ3) is 6.05. The van der Waals surface area contributed by atoms with Crippen LogP contribution in [0.1, 0.15) is 110 Å². The van der Waals surface area contributed by atoms with E-state index in [9.17, 15) is 0 Å². The second-order valence-corrected chi connectivity index (χ2v) is 15.6. The van der Waals surface area contributed by atoms with Crippen molar-refractivity contribution in [1.82, 2.24) is 30.6 Å². The van der Waals surface area contributed by atoms with E-state index in [2.05, 4.69) is 74.0 Å². The minimum atomic E-state index is -0.506. The molecule has 5 atom stereocenters. The van der Waals surface area contributed by atoms with Crippen molar-refractivity contribution in [2.24, 2.45) is 0 Å². The number of benzene rings is 4. The second kappa shape index (κ2) is 13.6. The van der Waals surface area contributed by atoms with Gasteiger partial charge in [0.2, 0.25) is 0 Å². The molecule has 4 saturated heterocycles. The van der Waals surface area contributed by atoms with Gasteiger partial charge in [0, 0.05) is 24.7 Å². The Hall–Kier alpha value is -4.80. The predicted molar refractivity (Wildman–Crippen MR) is 206 cm³/mol. The summed E-state index contributed by atoms with van der Waals surface area (Å²) in [5.41, 5.74) is 7.95. The molecule has 4 aromatic carbocycles. The lowest BCUT2D eigenvalue weighted by Crippen LogP contribution is -2.35. The Morgan fingerprint density at radius 1 is 0.604 bits per heavy atom. The van der Waals surface area contributed by atoms with Gasteiger partial charge < -0.3 is 30.4 Å². The van der Waals surface area contributed by atoms with Crippen LogP contribution in [0.25, 0.3) is 22.1 Å². The van der Waals surface area contributed by atoms with Crippen LogP contribution in [-0.4, -0.2) is 46.1 Å². The molecular formula is C43H46F2N8. The van der Waals surface area contributed by atoms with Crippen molar-refractivity contribution in [1.29, 1.82) is 0 Å². The molecule has 4 N–H and O–H groups in total. The molecule has 6 heterocycles. The van der Waals surface area contributed by atoms with Gasteiger partial charge in [0.25, 0.3) is 0 Å². The van der Waals surface area contributed by atoms with E-state index in [-0.39, 0.29) is 35.8 Å². The number of piperidine rings is 1. The van der Waals surface area contributed by atoms with Gasteiger partial charge in [0.05, 0.1) is 46.2 Å². The zero-order chi connectivity index (χ0) is 35.5. The Bertz CT molecular complexity index is 2130. The maximum absolute atomic E-state index is 16.5. The summed E-state index contributed by atoms with van der Waals surface area (Å²) in [6.45, 7) is 3.24. The van der Waals surface area contributed by atoms with Crippen LogP contribution in [0.15, 0.2) is 78.9 Å². The van der Waals surface area contributed by atoms with Crippen molar-refractivity contribution in [3.63, 3.8) is 0 Å². The van der Waals surface area contributed by atoms with Crippen molar-refractivity contribution < 1.29 is 8.78 Å². The molecular weight excluding hydrogens is 667 g/mol. The van der Waals surface area contributed by atoms with Crippen molar-refractivity contribution in [3.05, 3.63) is 119 Å². The molecule has 53 heavy (non-hydrogen) atoms. The number of hydrogen-bond donors (Lipinski definition) is 4. The molecule has 0 saturated carbocycles. The highest BCUT2D eigenvalue weighted by molar-refractivity contribution is 5.78. The number of imidazole rings is 2. The fourth-order valence-corrected chi connectivity index (χ4v) is 9.68. The smallest absolute Gasteiger partial charge is 0.151 e. The van der Waals surface area contributed by atoms with E-state index in [1.807, 2.05) is 23.1 Å². The Morgan fingerprint density at radius 2 is 1.19 bits per heavy atom. The largest absolute Gasteiger partial charge is 0.366 e. The Balaban J connectivity index is 1.02. The number of aromatic nitrogens is 4. The topological polar surface area (TPSA) is 87.9 Å². The van der Waals surface area contributed by atoms with Gasteiger partial charge in [-0.15, -0.1) is 0 Å². The van der Waals surface area contributed by atoms with Gasteiger partial charge in [-0.1, -0.05) is 42.5 Å². The van der Waals surface area contributed by atoms with Crippen molar-refractivity contribution >= 4 is 33.4 Å². The standard InChI is InChI=1S/C43H46F2N8/c44-31-23-30(24-32(45)41(31)52-20-6-9-29(25-52)26-7-2-1-3-8-26)53-39(27-12-14-33-37(21-27)50-42(48-33)35-10-4-18-46-35)16-17-40(53)28-13-15-34-38(22-28)51-43(49-34)36-11-5-19-47-36/h1-3,7-8,12-15,21-24,29,35-36,39-40,46-47H,4-6,9-11,16-20,25H2,(H,48,50)(H,49,51)/t29-,35+,36+,39-,40-/m1/s1. The van der Waals surface area contributed by atoms with E-state index in [0.717, 1.165) is 109 Å². The number of aromatic amines is 2. The Labute approximate surface area is 308 Å². The number of anilines is 2. The van der Waals surface area contributed by atoms with Gasteiger partial charge in [-0.05, 0) is 118 Å². The number of nitrogens with one attached hydrogen (secondary N) is 4. The predicted octanol–water partition coefficient (Wildman–Crippen LogP) is 9.03. The monoisotopic (exact) mass is 712 g/mol. The lowest BCUT2D eigenvalue weighted by Gasteiger charge is -2.36. The van der Waals surface area contributed by atoms with Gasteiger partial charge in [-0.3, -0.25) is 0 Å². The van der Waals surface area contributed by atoms with Gasteiger partial charge >= 0.3 is 0 Å². The molecule has 0 radical (unpaired) electrons. The van der Waals surface area contributed by atoms with Crippen molar-refractivity contribution in [2.45, 2.75) is 81.5 Å². The summed E-state index contributed by atoms with van der Waals surface area (Å²) in [6, 6.07) is 26.7. The lowest BCUT2D eigenvalue weighted by molar-refractivity contribution is 0.488. The summed E-state index contributed by atoms with van der Waals surface area (Å²) in [7, 11) is 0. The van der Waals surface area contributed by atoms with Crippen LogP contribution in [-0.2, 0) is 0 Å². The van der Waals surface area contributed by atoms with E-state index in [4.69, 9.17) is 9.97 Å². The summed E-state index contributed by atoms with van der Waals surface area (Å²) in [4.78, 5) is 21.2.